The molecule has 0 amide bonds. The van der Waals surface area contributed by atoms with E-state index in [1.165, 1.54) is 20.2 Å². The Balaban J connectivity index is 1.08. The Labute approximate surface area is 295 Å². The zero-order valence-corrected chi connectivity index (χ0v) is 27.8. The fourth-order valence-electron chi connectivity index (χ4n) is 7.36. The molecule has 51 heavy (non-hydrogen) atoms. The van der Waals surface area contributed by atoms with Crippen molar-refractivity contribution < 1.29 is 8.83 Å². The summed E-state index contributed by atoms with van der Waals surface area (Å²) in [5.74, 6) is 1.84. The van der Waals surface area contributed by atoms with Gasteiger partial charge in [-0.2, -0.15) is 0 Å². The summed E-state index contributed by atoms with van der Waals surface area (Å²) in [4.78, 5) is 15.1. The summed E-state index contributed by atoms with van der Waals surface area (Å²) in [6.45, 7) is 0. The van der Waals surface area contributed by atoms with Gasteiger partial charge < -0.3 is 8.83 Å². The number of hydrogen-bond donors (Lipinski definition) is 0. The molecule has 6 heteroatoms. The molecule has 0 spiro atoms. The third-order valence-electron chi connectivity index (χ3n) is 9.75. The molecular formula is C45H25N3O2S. The van der Waals surface area contributed by atoms with E-state index in [0.717, 1.165) is 71.7 Å². The Morgan fingerprint density at radius 2 is 1.00 bits per heavy atom. The molecule has 11 rings (SSSR count). The zero-order valence-electron chi connectivity index (χ0n) is 27.0. The predicted molar refractivity (Wildman–Crippen MR) is 209 cm³/mol. The minimum Gasteiger partial charge on any atom is -0.456 e. The van der Waals surface area contributed by atoms with Crippen LogP contribution in [0.5, 0.6) is 0 Å². The van der Waals surface area contributed by atoms with Crippen molar-refractivity contribution >= 4 is 75.4 Å². The van der Waals surface area contributed by atoms with Crippen LogP contribution >= 0.6 is 11.3 Å². The van der Waals surface area contributed by atoms with E-state index in [1.54, 1.807) is 11.3 Å². The quantitative estimate of drug-likeness (QED) is 0.186. The summed E-state index contributed by atoms with van der Waals surface area (Å²) >= 11 is 1.79. The lowest BCUT2D eigenvalue weighted by molar-refractivity contribution is 0.669. The van der Waals surface area contributed by atoms with E-state index < -0.39 is 0 Å². The van der Waals surface area contributed by atoms with Crippen molar-refractivity contribution in [3.05, 3.63) is 152 Å². The van der Waals surface area contributed by atoms with Crippen molar-refractivity contribution in [1.82, 2.24) is 15.0 Å². The molecule has 0 fully saturated rings. The number of benzene rings is 7. The molecule has 0 N–H and O–H groups in total. The molecule has 0 aliphatic carbocycles. The molecule has 0 aliphatic rings. The van der Waals surface area contributed by atoms with Crippen molar-refractivity contribution in [2.75, 3.05) is 0 Å². The van der Waals surface area contributed by atoms with Crippen LogP contribution in [-0.2, 0) is 0 Å². The van der Waals surface area contributed by atoms with Gasteiger partial charge in [0.1, 0.15) is 22.3 Å². The van der Waals surface area contributed by atoms with Crippen LogP contribution in [-0.4, -0.2) is 15.0 Å². The zero-order chi connectivity index (χ0) is 33.5. The Bertz CT molecular complexity index is 3160. The monoisotopic (exact) mass is 671 g/mol. The van der Waals surface area contributed by atoms with Gasteiger partial charge in [0.25, 0.3) is 0 Å². The molecule has 11 aromatic rings. The lowest BCUT2D eigenvalue weighted by atomic mass is 9.97. The van der Waals surface area contributed by atoms with Crippen molar-refractivity contribution in [3.8, 4) is 45.3 Å². The third-order valence-corrected chi connectivity index (χ3v) is 10.9. The maximum absolute atomic E-state index is 6.55. The van der Waals surface area contributed by atoms with Crippen molar-refractivity contribution in [1.29, 1.82) is 0 Å². The van der Waals surface area contributed by atoms with E-state index in [1.807, 2.05) is 66.7 Å². The predicted octanol–water partition coefficient (Wildman–Crippen LogP) is 12.7. The summed E-state index contributed by atoms with van der Waals surface area (Å²) in [5.41, 5.74) is 8.16. The van der Waals surface area contributed by atoms with Crippen LogP contribution in [0.15, 0.2) is 160 Å². The first-order valence-corrected chi connectivity index (χ1v) is 17.7. The molecule has 0 saturated heterocycles. The molecule has 0 aliphatic heterocycles. The van der Waals surface area contributed by atoms with Crippen LogP contribution in [0.3, 0.4) is 0 Å². The second-order valence-corrected chi connectivity index (χ2v) is 13.8. The molecule has 0 radical (unpaired) electrons. The third kappa shape index (κ3) is 4.43. The highest BCUT2D eigenvalue weighted by atomic mass is 32.1. The second-order valence-electron chi connectivity index (χ2n) is 12.8. The van der Waals surface area contributed by atoms with E-state index in [2.05, 4.69) is 84.9 Å². The number of fused-ring (bicyclic) bond motifs is 9. The van der Waals surface area contributed by atoms with E-state index in [0.29, 0.717) is 17.5 Å². The van der Waals surface area contributed by atoms with Crippen LogP contribution in [0.1, 0.15) is 0 Å². The van der Waals surface area contributed by atoms with Gasteiger partial charge in [-0.3, -0.25) is 0 Å². The van der Waals surface area contributed by atoms with Gasteiger partial charge in [0.05, 0.1) is 0 Å². The Hall–Kier alpha value is -6.63. The Morgan fingerprint density at radius 1 is 0.373 bits per heavy atom. The summed E-state index contributed by atoms with van der Waals surface area (Å²) < 4.78 is 15.5. The summed E-state index contributed by atoms with van der Waals surface area (Å²) in [6, 6.07) is 52.1. The molecule has 4 heterocycles. The summed E-state index contributed by atoms with van der Waals surface area (Å²) in [5, 5.41) is 6.78. The highest BCUT2D eigenvalue weighted by Gasteiger charge is 2.19. The lowest BCUT2D eigenvalue weighted by Crippen LogP contribution is -2.00. The van der Waals surface area contributed by atoms with Gasteiger partial charge in [0.15, 0.2) is 17.5 Å². The standard InChI is InChI=1S/C45H25N3O2S/c1-2-10-26(11-3-1)43-46-44(48-45(47-43)28-20-22-31-30-13-5-7-19-39(30)51-40(31)25-28)27-21-23-35-38(24-27)49-37-18-9-14-32(41(35)37)34-16-8-15-33-29-12-4-6-17-36(29)50-42(33)34/h1-25H. The van der Waals surface area contributed by atoms with E-state index in [-0.39, 0.29) is 0 Å². The van der Waals surface area contributed by atoms with Gasteiger partial charge in [-0.25, -0.2) is 15.0 Å². The normalized spacial score (nSPS) is 11.9. The number of rotatable bonds is 4. The highest BCUT2D eigenvalue weighted by Crippen LogP contribution is 2.42. The highest BCUT2D eigenvalue weighted by molar-refractivity contribution is 7.25. The average molecular weight is 672 g/mol. The van der Waals surface area contributed by atoms with Gasteiger partial charge >= 0.3 is 0 Å². The molecular weight excluding hydrogens is 647 g/mol. The number of para-hydroxylation sites is 2. The second kappa shape index (κ2) is 10.9. The summed E-state index contributed by atoms with van der Waals surface area (Å²) in [6.07, 6.45) is 0. The average Bonchev–Trinajstić information content (AvgIpc) is 3.88. The maximum atomic E-state index is 6.55. The molecule has 4 aromatic heterocycles. The lowest BCUT2D eigenvalue weighted by Gasteiger charge is -2.09. The van der Waals surface area contributed by atoms with Gasteiger partial charge in [0.2, 0.25) is 0 Å². The number of nitrogens with zero attached hydrogens (tertiary/aromatic N) is 3. The van der Waals surface area contributed by atoms with Crippen LogP contribution in [0.4, 0.5) is 0 Å². The first-order chi connectivity index (χ1) is 25.2. The first kappa shape index (κ1) is 28.2. The van der Waals surface area contributed by atoms with Crippen LogP contribution < -0.4 is 0 Å². The van der Waals surface area contributed by atoms with Gasteiger partial charge in [-0.1, -0.05) is 115 Å². The number of aromatic nitrogens is 3. The molecule has 0 atom stereocenters. The van der Waals surface area contributed by atoms with E-state index in [4.69, 9.17) is 23.8 Å². The summed E-state index contributed by atoms with van der Waals surface area (Å²) in [7, 11) is 0. The van der Waals surface area contributed by atoms with E-state index in [9.17, 15) is 0 Å². The number of hydrogen-bond acceptors (Lipinski definition) is 6. The number of thiophene rings is 1. The smallest absolute Gasteiger partial charge is 0.164 e. The first-order valence-electron chi connectivity index (χ1n) is 16.8. The Morgan fingerprint density at radius 3 is 1.86 bits per heavy atom. The van der Waals surface area contributed by atoms with Crippen molar-refractivity contribution in [2.45, 2.75) is 0 Å². The number of furan rings is 2. The topological polar surface area (TPSA) is 65.0 Å². The van der Waals surface area contributed by atoms with Crippen LogP contribution in [0.25, 0.3) is 109 Å². The maximum Gasteiger partial charge on any atom is 0.164 e. The molecule has 238 valence electrons. The van der Waals surface area contributed by atoms with Gasteiger partial charge in [-0.15, -0.1) is 11.3 Å². The fourth-order valence-corrected chi connectivity index (χ4v) is 8.51. The fraction of sp³-hybridized carbons (Fsp3) is 0. The largest absolute Gasteiger partial charge is 0.456 e. The molecule has 0 bridgehead atoms. The molecule has 5 nitrogen and oxygen atoms in total. The van der Waals surface area contributed by atoms with E-state index >= 15 is 0 Å². The SMILES string of the molecule is c1ccc(-c2nc(-c3ccc4c(c3)oc3cccc(-c5cccc6c5oc5ccccc56)c34)nc(-c3ccc4c(c3)sc3ccccc34)n2)cc1. The van der Waals surface area contributed by atoms with Crippen LogP contribution in [0, 0.1) is 0 Å². The Kier molecular flexibility index (Phi) is 6.05. The minimum atomic E-state index is 0.588. The van der Waals surface area contributed by atoms with Crippen LogP contribution in [0.2, 0.25) is 0 Å². The van der Waals surface area contributed by atoms with Gasteiger partial charge in [-0.05, 0) is 42.0 Å². The minimum absolute atomic E-state index is 0.588. The van der Waals surface area contributed by atoms with Gasteiger partial charge in [0, 0.05) is 64.0 Å². The molecule has 0 unspecified atom stereocenters. The van der Waals surface area contributed by atoms with Crippen molar-refractivity contribution in [3.63, 3.8) is 0 Å². The molecule has 0 saturated carbocycles. The van der Waals surface area contributed by atoms with Crippen molar-refractivity contribution in [2.24, 2.45) is 0 Å². The molecule has 7 aromatic carbocycles.